The Morgan fingerprint density at radius 2 is 1.92 bits per heavy atom. The molecule has 1 atom stereocenters. The predicted molar refractivity (Wildman–Crippen MR) is 90.9 cm³/mol. The Labute approximate surface area is 149 Å². The van der Waals surface area contributed by atoms with Gasteiger partial charge in [-0.15, -0.1) is 0 Å². The van der Waals surface area contributed by atoms with Crippen LogP contribution >= 0.6 is 0 Å². The van der Waals surface area contributed by atoms with Gasteiger partial charge in [-0.2, -0.15) is 13.2 Å². The Bertz CT molecular complexity index is 731. The van der Waals surface area contributed by atoms with Crippen molar-refractivity contribution >= 4 is 12.0 Å². The van der Waals surface area contributed by atoms with E-state index in [0.29, 0.717) is 44.1 Å². The van der Waals surface area contributed by atoms with E-state index in [1.165, 1.54) is 18.5 Å². The minimum Gasteiger partial charge on any atom is -0.369 e. The lowest BCUT2D eigenvalue weighted by Crippen LogP contribution is -2.47. The molecule has 1 aromatic heterocycles. The third-order valence-electron chi connectivity index (χ3n) is 4.51. The Hall–Kier alpha value is -2.48. The highest BCUT2D eigenvalue weighted by molar-refractivity contribution is 5.61. The summed E-state index contributed by atoms with van der Waals surface area (Å²) in [5.74, 6) is -0.335. The van der Waals surface area contributed by atoms with E-state index >= 15 is 0 Å². The molecule has 0 radical (unpaired) electrons. The highest BCUT2D eigenvalue weighted by Crippen LogP contribution is 2.31. The summed E-state index contributed by atoms with van der Waals surface area (Å²) in [6.45, 7) is 3.10. The third kappa shape index (κ3) is 4.37. The Balaban J connectivity index is 1.60. The Morgan fingerprint density at radius 3 is 2.54 bits per heavy atom. The van der Waals surface area contributed by atoms with Gasteiger partial charge in [0.15, 0.2) is 0 Å². The van der Waals surface area contributed by atoms with Crippen molar-refractivity contribution in [3.63, 3.8) is 0 Å². The molecular formula is C18H19F3N4O. The number of nitrogens with zero attached hydrogens (tertiary/aromatic N) is 4. The number of hydrogen-bond acceptors (Lipinski definition) is 5. The average molecular weight is 364 g/mol. The maximum Gasteiger partial charge on any atom is 0.416 e. The van der Waals surface area contributed by atoms with E-state index in [1.54, 1.807) is 18.3 Å². The first-order valence-electron chi connectivity index (χ1n) is 8.33. The van der Waals surface area contributed by atoms with Gasteiger partial charge in [0, 0.05) is 44.6 Å². The van der Waals surface area contributed by atoms with Crippen LogP contribution in [0.25, 0.3) is 0 Å². The summed E-state index contributed by atoms with van der Waals surface area (Å²) in [6, 6.07) is 7.11. The summed E-state index contributed by atoms with van der Waals surface area (Å²) in [7, 11) is 0. The van der Waals surface area contributed by atoms with Crippen molar-refractivity contribution in [2.75, 3.05) is 37.6 Å². The zero-order valence-electron chi connectivity index (χ0n) is 14.1. The summed E-state index contributed by atoms with van der Waals surface area (Å²) in [6.07, 6.45) is -0.449. The molecule has 0 saturated carbocycles. The molecule has 3 rings (SSSR count). The summed E-state index contributed by atoms with van der Waals surface area (Å²) in [4.78, 5) is 23.4. The summed E-state index contributed by atoms with van der Waals surface area (Å²) in [5.41, 5.74) is 0.611. The molecule has 1 aromatic carbocycles. The Morgan fingerprint density at radius 1 is 1.15 bits per heavy atom. The molecule has 1 saturated heterocycles. The number of hydrogen-bond donors (Lipinski definition) is 0. The van der Waals surface area contributed by atoms with E-state index in [0.717, 1.165) is 12.4 Å². The Kier molecular flexibility index (Phi) is 5.51. The molecule has 1 fully saturated rings. The van der Waals surface area contributed by atoms with Gasteiger partial charge in [0.1, 0.15) is 12.6 Å². The largest absolute Gasteiger partial charge is 0.416 e. The molecule has 0 aliphatic carbocycles. The summed E-state index contributed by atoms with van der Waals surface area (Å²) in [5, 5.41) is 0. The number of alkyl halides is 3. The van der Waals surface area contributed by atoms with Crippen molar-refractivity contribution in [1.82, 2.24) is 14.9 Å². The number of anilines is 1. The molecule has 0 N–H and O–H groups in total. The van der Waals surface area contributed by atoms with Gasteiger partial charge < -0.3 is 9.69 Å². The van der Waals surface area contributed by atoms with Crippen LogP contribution < -0.4 is 4.90 Å². The second-order valence-electron chi connectivity index (χ2n) is 6.21. The second kappa shape index (κ2) is 7.82. The van der Waals surface area contributed by atoms with E-state index < -0.39 is 11.7 Å². The first-order valence-corrected chi connectivity index (χ1v) is 8.33. The fourth-order valence-electron chi connectivity index (χ4n) is 3.07. The molecule has 0 bridgehead atoms. The average Bonchev–Trinajstić information content (AvgIpc) is 2.67. The quantitative estimate of drug-likeness (QED) is 0.764. The number of aromatic nitrogens is 2. The lowest BCUT2D eigenvalue weighted by atomic mass is 10.1. The predicted octanol–water partition coefficient (Wildman–Crippen LogP) is 2.60. The van der Waals surface area contributed by atoms with Crippen LogP contribution in [-0.2, 0) is 11.0 Å². The van der Waals surface area contributed by atoms with E-state index in [1.807, 2.05) is 4.90 Å². The SMILES string of the molecule is O=CC(CN1CCN(c2cccc(C(F)(F)F)c2)CC1)c1ccncn1. The highest BCUT2D eigenvalue weighted by Gasteiger charge is 2.31. The topological polar surface area (TPSA) is 49.3 Å². The number of halogens is 3. The monoisotopic (exact) mass is 364 g/mol. The van der Waals surface area contributed by atoms with Crippen molar-refractivity contribution in [1.29, 1.82) is 0 Å². The minimum atomic E-state index is -4.34. The molecule has 2 heterocycles. The molecule has 8 heteroatoms. The second-order valence-corrected chi connectivity index (χ2v) is 6.21. The van der Waals surface area contributed by atoms with Crippen molar-refractivity contribution in [2.24, 2.45) is 0 Å². The molecule has 26 heavy (non-hydrogen) atoms. The fraction of sp³-hybridized carbons (Fsp3) is 0.389. The van der Waals surface area contributed by atoms with Crippen LogP contribution in [0.1, 0.15) is 17.2 Å². The van der Waals surface area contributed by atoms with Crippen LogP contribution in [0.15, 0.2) is 42.9 Å². The maximum atomic E-state index is 12.9. The standard InChI is InChI=1S/C18H19F3N4O/c19-18(20,21)15-2-1-3-16(10-15)25-8-6-24(7-9-25)11-14(12-26)17-4-5-22-13-23-17/h1-5,10,12-14H,6-9,11H2. The van der Waals surface area contributed by atoms with Crippen molar-refractivity contribution in [2.45, 2.75) is 12.1 Å². The van der Waals surface area contributed by atoms with Crippen molar-refractivity contribution in [3.05, 3.63) is 54.1 Å². The van der Waals surface area contributed by atoms with Gasteiger partial charge in [0.05, 0.1) is 17.2 Å². The first-order chi connectivity index (χ1) is 12.5. The zero-order chi connectivity index (χ0) is 18.6. The van der Waals surface area contributed by atoms with Gasteiger partial charge in [-0.3, -0.25) is 4.90 Å². The molecule has 0 amide bonds. The molecule has 138 valence electrons. The van der Waals surface area contributed by atoms with Gasteiger partial charge in [-0.1, -0.05) is 6.07 Å². The van der Waals surface area contributed by atoms with Gasteiger partial charge in [-0.05, 0) is 24.3 Å². The van der Waals surface area contributed by atoms with Gasteiger partial charge in [-0.25, -0.2) is 9.97 Å². The van der Waals surface area contributed by atoms with E-state index in [-0.39, 0.29) is 5.92 Å². The number of aldehydes is 1. The third-order valence-corrected chi connectivity index (χ3v) is 4.51. The number of carbonyl (C=O) groups excluding carboxylic acids is 1. The summed E-state index contributed by atoms with van der Waals surface area (Å²) >= 11 is 0. The fourth-order valence-corrected chi connectivity index (χ4v) is 3.07. The molecule has 1 aliphatic heterocycles. The molecule has 1 aliphatic rings. The lowest BCUT2D eigenvalue weighted by Gasteiger charge is -2.37. The number of piperazine rings is 1. The van der Waals surface area contributed by atoms with Crippen LogP contribution in [0.3, 0.4) is 0 Å². The van der Waals surface area contributed by atoms with Crippen LogP contribution in [0.4, 0.5) is 18.9 Å². The number of benzene rings is 1. The molecule has 2 aromatic rings. The molecule has 0 spiro atoms. The lowest BCUT2D eigenvalue weighted by molar-refractivity contribution is -0.137. The first kappa shape index (κ1) is 18.3. The van der Waals surface area contributed by atoms with Gasteiger partial charge >= 0.3 is 6.18 Å². The minimum absolute atomic E-state index is 0.335. The van der Waals surface area contributed by atoms with Crippen molar-refractivity contribution in [3.8, 4) is 0 Å². The number of rotatable bonds is 5. The van der Waals surface area contributed by atoms with E-state index in [4.69, 9.17) is 0 Å². The van der Waals surface area contributed by atoms with Gasteiger partial charge in [0.2, 0.25) is 0 Å². The van der Waals surface area contributed by atoms with Crippen LogP contribution in [-0.4, -0.2) is 53.9 Å². The van der Waals surface area contributed by atoms with Gasteiger partial charge in [0.25, 0.3) is 0 Å². The van der Waals surface area contributed by atoms with E-state index in [9.17, 15) is 18.0 Å². The molecule has 1 unspecified atom stereocenters. The maximum absolute atomic E-state index is 12.9. The highest BCUT2D eigenvalue weighted by atomic mass is 19.4. The normalized spacial score (nSPS) is 17.1. The number of carbonyl (C=O) groups is 1. The van der Waals surface area contributed by atoms with Crippen LogP contribution in [0.2, 0.25) is 0 Å². The molecule has 5 nitrogen and oxygen atoms in total. The van der Waals surface area contributed by atoms with Crippen LogP contribution in [0.5, 0.6) is 0 Å². The zero-order valence-corrected chi connectivity index (χ0v) is 14.1. The molecular weight excluding hydrogens is 345 g/mol. The van der Waals surface area contributed by atoms with E-state index in [2.05, 4.69) is 14.9 Å². The van der Waals surface area contributed by atoms with Crippen molar-refractivity contribution < 1.29 is 18.0 Å². The summed E-state index contributed by atoms with van der Waals surface area (Å²) < 4.78 is 38.6. The smallest absolute Gasteiger partial charge is 0.369 e. The van der Waals surface area contributed by atoms with Crippen LogP contribution in [0, 0.1) is 0 Å².